The van der Waals surface area contributed by atoms with Gasteiger partial charge in [0, 0.05) is 39.6 Å². The zero-order valence-corrected chi connectivity index (χ0v) is 13.4. The molecule has 6 heteroatoms. The van der Waals surface area contributed by atoms with E-state index in [1.807, 2.05) is 36.4 Å². The minimum atomic E-state index is -0.417. The topological polar surface area (TPSA) is 85.6 Å². The Hall–Kier alpha value is -2.36. The quantitative estimate of drug-likeness (QED) is 0.383. The zero-order chi connectivity index (χ0) is 16.9. The van der Waals surface area contributed by atoms with Gasteiger partial charge in [-0.05, 0) is 12.0 Å². The number of aliphatic hydroxyl groups excluding tert-OH is 1. The predicted octanol–water partition coefficient (Wildman–Crippen LogP) is 1.04. The van der Waals surface area contributed by atoms with E-state index >= 15 is 0 Å². The molecule has 1 rings (SSSR count). The van der Waals surface area contributed by atoms with E-state index in [0.29, 0.717) is 32.7 Å². The van der Waals surface area contributed by atoms with Crippen LogP contribution in [0.3, 0.4) is 0 Å². The van der Waals surface area contributed by atoms with Crippen molar-refractivity contribution in [3.63, 3.8) is 0 Å². The number of nitrogens with zero attached hydrogens (tertiary/aromatic N) is 2. The summed E-state index contributed by atoms with van der Waals surface area (Å²) < 4.78 is 4.91. The summed E-state index contributed by atoms with van der Waals surface area (Å²) in [7, 11) is 1.60. The van der Waals surface area contributed by atoms with Crippen molar-refractivity contribution < 1.29 is 14.6 Å². The molecule has 0 aliphatic carbocycles. The van der Waals surface area contributed by atoms with Gasteiger partial charge in [0.1, 0.15) is 11.6 Å². The molecular formula is C17H23N3O3. The minimum Gasteiger partial charge on any atom is -0.395 e. The number of carbonyl (C=O) groups excluding carboxylic acids is 1. The van der Waals surface area contributed by atoms with E-state index in [0.717, 1.165) is 5.56 Å². The fourth-order valence-corrected chi connectivity index (χ4v) is 1.97. The van der Waals surface area contributed by atoms with Gasteiger partial charge in [-0.25, -0.2) is 0 Å². The number of carbonyl (C=O) groups is 1. The van der Waals surface area contributed by atoms with Crippen LogP contribution in [0.2, 0.25) is 0 Å². The van der Waals surface area contributed by atoms with E-state index in [2.05, 4.69) is 5.32 Å². The van der Waals surface area contributed by atoms with E-state index < -0.39 is 5.91 Å². The lowest BCUT2D eigenvalue weighted by Gasteiger charge is -2.20. The molecule has 0 atom stereocenters. The van der Waals surface area contributed by atoms with E-state index in [1.54, 1.807) is 12.0 Å². The van der Waals surface area contributed by atoms with E-state index in [4.69, 9.17) is 4.74 Å². The summed E-state index contributed by atoms with van der Waals surface area (Å²) in [5, 5.41) is 21.0. The SMILES string of the molecule is COCCCNC(=O)/C(C#N)=C\N(CCO)Cc1ccccc1. The van der Waals surface area contributed by atoms with E-state index in [1.165, 1.54) is 6.20 Å². The molecule has 0 saturated heterocycles. The number of rotatable bonds is 10. The van der Waals surface area contributed by atoms with Crippen molar-refractivity contribution in [1.82, 2.24) is 10.2 Å². The Labute approximate surface area is 137 Å². The third-order valence-electron chi connectivity index (χ3n) is 3.10. The van der Waals surface area contributed by atoms with Gasteiger partial charge in [-0.15, -0.1) is 0 Å². The lowest BCUT2D eigenvalue weighted by molar-refractivity contribution is -0.117. The van der Waals surface area contributed by atoms with Gasteiger partial charge in [0.2, 0.25) is 0 Å². The molecule has 0 aliphatic rings. The predicted molar refractivity (Wildman–Crippen MR) is 87.1 cm³/mol. The lowest BCUT2D eigenvalue weighted by atomic mass is 10.2. The van der Waals surface area contributed by atoms with Gasteiger partial charge >= 0.3 is 0 Å². The molecule has 0 aliphatic heterocycles. The minimum absolute atomic E-state index is 0.0202. The van der Waals surface area contributed by atoms with Crippen LogP contribution in [-0.4, -0.2) is 49.3 Å². The van der Waals surface area contributed by atoms with Crippen LogP contribution in [0.4, 0.5) is 0 Å². The van der Waals surface area contributed by atoms with Crippen LogP contribution >= 0.6 is 0 Å². The van der Waals surface area contributed by atoms with Gasteiger partial charge in [-0.1, -0.05) is 30.3 Å². The highest BCUT2D eigenvalue weighted by atomic mass is 16.5. The second-order valence-corrected chi connectivity index (χ2v) is 4.94. The highest BCUT2D eigenvalue weighted by Crippen LogP contribution is 2.07. The van der Waals surface area contributed by atoms with Crippen LogP contribution in [0.25, 0.3) is 0 Å². The molecule has 0 spiro atoms. The summed E-state index contributed by atoms with van der Waals surface area (Å²) in [6.45, 7) is 1.80. The summed E-state index contributed by atoms with van der Waals surface area (Å²) in [5.74, 6) is -0.417. The van der Waals surface area contributed by atoms with Crippen molar-refractivity contribution >= 4 is 5.91 Å². The second kappa shape index (κ2) is 11.2. The van der Waals surface area contributed by atoms with Crippen molar-refractivity contribution in [3.05, 3.63) is 47.7 Å². The first kappa shape index (κ1) is 18.7. The Morgan fingerprint density at radius 3 is 2.78 bits per heavy atom. The van der Waals surface area contributed by atoms with Crippen molar-refractivity contribution in [1.29, 1.82) is 5.26 Å². The number of hydrogen-bond acceptors (Lipinski definition) is 5. The molecule has 0 fully saturated rings. The van der Waals surface area contributed by atoms with Crippen LogP contribution in [-0.2, 0) is 16.1 Å². The maximum Gasteiger partial charge on any atom is 0.263 e. The number of nitrogens with one attached hydrogen (secondary N) is 1. The first-order chi connectivity index (χ1) is 11.2. The molecule has 23 heavy (non-hydrogen) atoms. The maximum atomic E-state index is 12.0. The third kappa shape index (κ3) is 7.45. The number of hydrogen-bond donors (Lipinski definition) is 2. The molecule has 0 unspecified atom stereocenters. The molecule has 2 N–H and O–H groups in total. The molecule has 1 amide bonds. The molecule has 1 aromatic rings. The summed E-state index contributed by atoms with van der Waals surface area (Å²) in [6.07, 6.45) is 2.18. The smallest absolute Gasteiger partial charge is 0.263 e. The molecule has 0 aromatic heterocycles. The molecule has 124 valence electrons. The Morgan fingerprint density at radius 2 is 2.17 bits per heavy atom. The first-order valence-electron chi connectivity index (χ1n) is 7.49. The normalized spacial score (nSPS) is 10.9. The number of ether oxygens (including phenoxy) is 1. The first-order valence-corrected chi connectivity index (χ1v) is 7.49. The van der Waals surface area contributed by atoms with Gasteiger partial charge in [0.05, 0.1) is 6.61 Å². The Bertz CT molecular complexity index is 538. The Balaban J connectivity index is 2.69. The standard InChI is InChI=1S/C17H23N3O3/c1-23-11-5-8-19-17(22)16(12-18)14-20(9-10-21)13-15-6-3-2-4-7-15/h2-4,6-7,14,21H,5,8-11,13H2,1H3,(H,19,22)/b16-14-. The molecule has 6 nitrogen and oxygen atoms in total. The number of amides is 1. The average Bonchev–Trinajstić information content (AvgIpc) is 2.57. The zero-order valence-electron chi connectivity index (χ0n) is 13.4. The Morgan fingerprint density at radius 1 is 1.43 bits per heavy atom. The fraction of sp³-hybridized carbons (Fsp3) is 0.412. The van der Waals surface area contributed by atoms with Gasteiger partial charge in [0.15, 0.2) is 0 Å². The van der Waals surface area contributed by atoms with Crippen molar-refractivity contribution in [2.45, 2.75) is 13.0 Å². The number of benzene rings is 1. The summed E-state index contributed by atoms with van der Waals surface area (Å²) in [5.41, 5.74) is 1.06. The van der Waals surface area contributed by atoms with Gasteiger partial charge in [-0.3, -0.25) is 4.79 Å². The average molecular weight is 317 g/mol. The van der Waals surface area contributed by atoms with Crippen molar-refractivity contribution in [3.8, 4) is 6.07 Å². The Kier molecular flexibility index (Phi) is 9.13. The number of aliphatic hydroxyl groups is 1. The number of methoxy groups -OCH3 is 1. The van der Waals surface area contributed by atoms with Crippen LogP contribution < -0.4 is 5.32 Å². The largest absolute Gasteiger partial charge is 0.395 e. The van der Waals surface area contributed by atoms with Gasteiger partial charge in [0.25, 0.3) is 5.91 Å². The molecule has 0 bridgehead atoms. The van der Waals surface area contributed by atoms with Crippen molar-refractivity contribution in [2.24, 2.45) is 0 Å². The highest BCUT2D eigenvalue weighted by molar-refractivity contribution is 5.97. The highest BCUT2D eigenvalue weighted by Gasteiger charge is 2.11. The monoisotopic (exact) mass is 317 g/mol. The lowest BCUT2D eigenvalue weighted by Crippen LogP contribution is -2.29. The van der Waals surface area contributed by atoms with Gasteiger partial charge < -0.3 is 20.1 Å². The van der Waals surface area contributed by atoms with Crippen LogP contribution in [0, 0.1) is 11.3 Å². The summed E-state index contributed by atoms with van der Waals surface area (Å²) in [4.78, 5) is 13.8. The van der Waals surface area contributed by atoms with E-state index in [-0.39, 0.29) is 12.2 Å². The van der Waals surface area contributed by atoms with Crippen LogP contribution in [0.1, 0.15) is 12.0 Å². The van der Waals surface area contributed by atoms with Crippen molar-refractivity contribution in [2.75, 3.05) is 33.4 Å². The molecular weight excluding hydrogens is 294 g/mol. The van der Waals surface area contributed by atoms with E-state index in [9.17, 15) is 15.2 Å². The van der Waals surface area contributed by atoms with Crippen LogP contribution in [0.15, 0.2) is 42.1 Å². The molecule has 0 heterocycles. The third-order valence-corrected chi connectivity index (χ3v) is 3.10. The molecule has 0 radical (unpaired) electrons. The second-order valence-electron chi connectivity index (χ2n) is 4.94. The van der Waals surface area contributed by atoms with Gasteiger partial charge in [-0.2, -0.15) is 5.26 Å². The summed E-state index contributed by atoms with van der Waals surface area (Å²) in [6, 6.07) is 11.6. The molecule has 0 saturated carbocycles. The van der Waals surface area contributed by atoms with Crippen LogP contribution in [0.5, 0.6) is 0 Å². The number of nitriles is 1. The maximum absolute atomic E-state index is 12.0. The fourth-order valence-electron chi connectivity index (χ4n) is 1.97. The molecule has 1 aromatic carbocycles. The summed E-state index contributed by atoms with van der Waals surface area (Å²) >= 11 is 0.